The van der Waals surface area contributed by atoms with Crippen LogP contribution in [0.2, 0.25) is 0 Å². The molecule has 1 unspecified atom stereocenters. The van der Waals surface area contributed by atoms with E-state index in [1.165, 1.54) is 19.1 Å². The topological polar surface area (TPSA) is 101 Å². The summed E-state index contributed by atoms with van der Waals surface area (Å²) >= 11 is 0. The van der Waals surface area contributed by atoms with Crippen molar-refractivity contribution < 1.29 is 13.2 Å². The van der Waals surface area contributed by atoms with Gasteiger partial charge in [0, 0.05) is 26.1 Å². The van der Waals surface area contributed by atoms with Crippen LogP contribution in [0.25, 0.3) is 0 Å². The highest BCUT2D eigenvalue weighted by atomic mass is 32.2. The number of hydrogen-bond donors (Lipinski definition) is 3. The monoisotopic (exact) mass is 299 g/mol. The molecular formula is C13H21N3O3S. The summed E-state index contributed by atoms with van der Waals surface area (Å²) in [5.74, 6) is -0.126. The summed E-state index contributed by atoms with van der Waals surface area (Å²) in [7, 11) is -3.50. The minimum Gasteiger partial charge on any atom is -0.352 e. The van der Waals surface area contributed by atoms with Crippen molar-refractivity contribution in [3.63, 3.8) is 0 Å². The van der Waals surface area contributed by atoms with Crippen LogP contribution in [0.4, 0.5) is 0 Å². The van der Waals surface area contributed by atoms with Gasteiger partial charge in [0.2, 0.25) is 15.9 Å². The van der Waals surface area contributed by atoms with E-state index in [9.17, 15) is 13.2 Å². The van der Waals surface area contributed by atoms with Crippen LogP contribution < -0.4 is 15.8 Å². The Labute approximate surface area is 119 Å². The molecule has 112 valence electrons. The van der Waals surface area contributed by atoms with Crippen LogP contribution in [0.3, 0.4) is 0 Å². The molecule has 0 bridgehead atoms. The highest BCUT2D eigenvalue weighted by Crippen LogP contribution is 2.10. The van der Waals surface area contributed by atoms with E-state index in [4.69, 9.17) is 5.73 Å². The molecule has 0 aliphatic carbocycles. The molecule has 0 spiro atoms. The number of sulfonamides is 1. The first-order valence-corrected chi connectivity index (χ1v) is 7.88. The summed E-state index contributed by atoms with van der Waals surface area (Å²) in [6.45, 7) is 3.95. The fraction of sp³-hybridized carbons (Fsp3) is 0.462. The fourth-order valence-corrected chi connectivity index (χ4v) is 2.56. The molecule has 7 heteroatoms. The molecule has 0 saturated carbocycles. The molecule has 0 aromatic heterocycles. The highest BCUT2D eigenvalue weighted by molar-refractivity contribution is 7.89. The van der Waals surface area contributed by atoms with Gasteiger partial charge in [-0.2, -0.15) is 0 Å². The van der Waals surface area contributed by atoms with E-state index in [-0.39, 0.29) is 16.8 Å². The number of carbonyl (C=O) groups excluding carboxylic acids is 1. The summed E-state index contributed by atoms with van der Waals surface area (Å²) in [4.78, 5) is 11.0. The van der Waals surface area contributed by atoms with Gasteiger partial charge in [0.05, 0.1) is 4.90 Å². The number of amides is 1. The van der Waals surface area contributed by atoms with E-state index >= 15 is 0 Å². The summed E-state index contributed by atoms with van der Waals surface area (Å²) < 4.78 is 26.4. The number of rotatable bonds is 7. The minimum absolute atomic E-state index is 0.0438. The molecule has 0 heterocycles. The molecule has 20 heavy (non-hydrogen) atoms. The zero-order valence-corrected chi connectivity index (χ0v) is 12.5. The zero-order valence-electron chi connectivity index (χ0n) is 11.7. The van der Waals surface area contributed by atoms with Gasteiger partial charge in [-0.15, -0.1) is 0 Å². The molecule has 0 saturated heterocycles. The second-order valence-electron chi connectivity index (χ2n) is 4.72. The van der Waals surface area contributed by atoms with E-state index in [1.54, 1.807) is 12.1 Å². The van der Waals surface area contributed by atoms with Crippen molar-refractivity contribution in [2.24, 2.45) is 5.73 Å². The molecule has 4 N–H and O–H groups in total. The summed E-state index contributed by atoms with van der Waals surface area (Å²) in [5, 5.41) is 2.65. The lowest BCUT2D eigenvalue weighted by Gasteiger charge is -2.09. The number of carbonyl (C=O) groups is 1. The van der Waals surface area contributed by atoms with Crippen LogP contribution in [0.1, 0.15) is 25.8 Å². The molecule has 1 rings (SSSR count). The smallest absolute Gasteiger partial charge is 0.240 e. The molecule has 1 aromatic carbocycles. The number of nitrogens with two attached hydrogens (primary N) is 1. The van der Waals surface area contributed by atoms with Gasteiger partial charge in [-0.05, 0) is 31.0 Å². The van der Waals surface area contributed by atoms with Crippen LogP contribution in [-0.4, -0.2) is 26.9 Å². The van der Waals surface area contributed by atoms with Gasteiger partial charge in [0.1, 0.15) is 0 Å². The van der Waals surface area contributed by atoms with Crippen molar-refractivity contribution in [3.05, 3.63) is 29.8 Å². The fourth-order valence-electron chi connectivity index (χ4n) is 1.52. The highest BCUT2D eigenvalue weighted by Gasteiger charge is 2.13. The van der Waals surface area contributed by atoms with Gasteiger partial charge in [-0.25, -0.2) is 13.1 Å². The van der Waals surface area contributed by atoms with Crippen LogP contribution in [0.15, 0.2) is 29.2 Å². The minimum atomic E-state index is -3.50. The summed E-state index contributed by atoms with van der Waals surface area (Å²) in [6, 6.07) is 6.35. The Kier molecular flexibility index (Phi) is 6.12. The first-order valence-electron chi connectivity index (χ1n) is 6.40. The molecule has 0 aliphatic heterocycles. The Morgan fingerprint density at radius 1 is 1.30 bits per heavy atom. The van der Waals surface area contributed by atoms with Crippen molar-refractivity contribution in [2.45, 2.75) is 37.8 Å². The van der Waals surface area contributed by atoms with E-state index in [2.05, 4.69) is 10.0 Å². The van der Waals surface area contributed by atoms with Crippen LogP contribution in [-0.2, 0) is 21.4 Å². The first-order chi connectivity index (χ1) is 9.31. The van der Waals surface area contributed by atoms with E-state index in [1.807, 2.05) is 6.92 Å². The largest absolute Gasteiger partial charge is 0.352 e. The Balaban J connectivity index is 2.64. The van der Waals surface area contributed by atoms with Crippen molar-refractivity contribution in [3.8, 4) is 0 Å². The maximum Gasteiger partial charge on any atom is 0.240 e. The lowest BCUT2D eigenvalue weighted by atomic mass is 10.2. The van der Waals surface area contributed by atoms with Crippen molar-refractivity contribution in [2.75, 3.05) is 6.54 Å². The van der Waals surface area contributed by atoms with Gasteiger partial charge >= 0.3 is 0 Å². The van der Waals surface area contributed by atoms with Crippen molar-refractivity contribution in [1.82, 2.24) is 10.0 Å². The lowest BCUT2D eigenvalue weighted by Crippen LogP contribution is -2.29. The average Bonchev–Trinajstić information content (AvgIpc) is 2.36. The average molecular weight is 299 g/mol. The molecule has 0 fully saturated rings. The molecule has 6 nitrogen and oxygen atoms in total. The van der Waals surface area contributed by atoms with E-state index in [0.717, 1.165) is 5.56 Å². The Morgan fingerprint density at radius 3 is 2.40 bits per heavy atom. The maximum absolute atomic E-state index is 12.0. The standard InChI is InChI=1S/C13H21N3O3S/c1-10(14)7-8-16-20(18,19)13-5-3-12(4-6-13)9-15-11(2)17/h3-6,10,16H,7-9,14H2,1-2H3,(H,15,17). The van der Waals surface area contributed by atoms with Crippen LogP contribution in [0, 0.1) is 0 Å². The first kappa shape index (κ1) is 16.6. The Hall–Kier alpha value is -1.44. The molecule has 0 radical (unpaired) electrons. The number of nitrogens with one attached hydrogen (secondary N) is 2. The Bertz CT molecular complexity index is 538. The number of hydrogen-bond acceptors (Lipinski definition) is 4. The van der Waals surface area contributed by atoms with Crippen LogP contribution in [0.5, 0.6) is 0 Å². The third-order valence-corrected chi connectivity index (χ3v) is 4.14. The van der Waals surface area contributed by atoms with Crippen molar-refractivity contribution >= 4 is 15.9 Å². The van der Waals surface area contributed by atoms with Crippen LogP contribution >= 0.6 is 0 Å². The SMILES string of the molecule is CC(=O)NCc1ccc(S(=O)(=O)NCCC(C)N)cc1. The quantitative estimate of drug-likeness (QED) is 0.675. The van der Waals surface area contributed by atoms with Gasteiger partial charge in [-0.1, -0.05) is 12.1 Å². The third-order valence-electron chi connectivity index (χ3n) is 2.67. The zero-order chi connectivity index (χ0) is 15.2. The molecule has 0 aliphatic rings. The van der Waals surface area contributed by atoms with E-state index < -0.39 is 10.0 Å². The molecule has 1 atom stereocenters. The predicted molar refractivity (Wildman–Crippen MR) is 77.4 cm³/mol. The predicted octanol–water partition coefficient (Wildman–Crippen LogP) is 0.338. The normalized spacial score (nSPS) is 12.9. The summed E-state index contributed by atoms with van der Waals surface area (Å²) in [5.41, 5.74) is 6.41. The Morgan fingerprint density at radius 2 is 1.90 bits per heavy atom. The molecule has 1 amide bonds. The second kappa shape index (κ2) is 7.37. The molecule has 1 aromatic rings. The number of benzene rings is 1. The maximum atomic E-state index is 12.0. The lowest BCUT2D eigenvalue weighted by molar-refractivity contribution is -0.119. The van der Waals surface area contributed by atoms with Gasteiger partial charge < -0.3 is 11.1 Å². The van der Waals surface area contributed by atoms with Crippen molar-refractivity contribution in [1.29, 1.82) is 0 Å². The summed E-state index contributed by atoms with van der Waals surface area (Å²) in [6.07, 6.45) is 0.583. The van der Waals surface area contributed by atoms with Gasteiger partial charge in [-0.3, -0.25) is 4.79 Å². The van der Waals surface area contributed by atoms with Gasteiger partial charge in [0.15, 0.2) is 0 Å². The third kappa shape index (κ3) is 5.68. The second-order valence-corrected chi connectivity index (χ2v) is 6.48. The molecular weight excluding hydrogens is 278 g/mol. The van der Waals surface area contributed by atoms with Gasteiger partial charge in [0.25, 0.3) is 0 Å². The van der Waals surface area contributed by atoms with E-state index in [0.29, 0.717) is 19.5 Å².